The fourth-order valence-corrected chi connectivity index (χ4v) is 2.87. The highest BCUT2D eigenvalue weighted by Gasteiger charge is 2.45. The molecule has 0 atom stereocenters. The van der Waals surface area contributed by atoms with Gasteiger partial charge in [0.2, 0.25) is 5.91 Å². The van der Waals surface area contributed by atoms with Gasteiger partial charge < -0.3 is 15.7 Å². The van der Waals surface area contributed by atoms with E-state index in [0.29, 0.717) is 19.6 Å². The van der Waals surface area contributed by atoms with Gasteiger partial charge in [0.25, 0.3) is 0 Å². The van der Waals surface area contributed by atoms with E-state index in [0.717, 1.165) is 25.7 Å². The molecule has 5 nitrogen and oxygen atoms in total. The quantitative estimate of drug-likeness (QED) is 0.749. The Morgan fingerprint density at radius 3 is 2.29 bits per heavy atom. The molecule has 5 heteroatoms. The molecule has 2 rings (SSSR count). The van der Waals surface area contributed by atoms with E-state index in [4.69, 9.17) is 10.8 Å². The van der Waals surface area contributed by atoms with Crippen LogP contribution in [0.25, 0.3) is 0 Å². The molecule has 2 fully saturated rings. The number of hydrogen-bond donors (Lipinski definition) is 2. The molecule has 1 heterocycles. The van der Waals surface area contributed by atoms with Crippen molar-refractivity contribution in [2.45, 2.75) is 32.1 Å². The number of carbonyl (C=O) groups is 2. The van der Waals surface area contributed by atoms with Crippen molar-refractivity contribution in [2.24, 2.45) is 17.1 Å². The van der Waals surface area contributed by atoms with Crippen LogP contribution in [-0.2, 0) is 9.59 Å². The summed E-state index contributed by atoms with van der Waals surface area (Å²) in [5.74, 6) is -1.10. The van der Waals surface area contributed by atoms with E-state index >= 15 is 0 Å². The van der Waals surface area contributed by atoms with Gasteiger partial charge in [-0.2, -0.15) is 0 Å². The van der Waals surface area contributed by atoms with Gasteiger partial charge in [0, 0.05) is 19.6 Å². The Hall–Kier alpha value is -1.10. The van der Waals surface area contributed by atoms with Gasteiger partial charge in [-0.3, -0.25) is 9.59 Å². The number of aliphatic carboxylic acids is 1. The summed E-state index contributed by atoms with van der Waals surface area (Å²) >= 11 is 0. The Bertz CT molecular complexity index is 318. The van der Waals surface area contributed by atoms with Crippen molar-refractivity contribution >= 4 is 11.9 Å². The molecule has 0 radical (unpaired) electrons. The number of rotatable bonds is 3. The summed E-state index contributed by atoms with van der Waals surface area (Å²) in [7, 11) is 0. The molecule has 1 amide bonds. The van der Waals surface area contributed by atoms with Crippen LogP contribution in [0, 0.1) is 11.3 Å². The lowest BCUT2D eigenvalue weighted by Crippen LogP contribution is -2.59. The number of carbonyl (C=O) groups excluding carboxylic acids is 1. The molecule has 1 saturated heterocycles. The van der Waals surface area contributed by atoms with Crippen molar-refractivity contribution < 1.29 is 14.7 Å². The van der Waals surface area contributed by atoms with Crippen LogP contribution in [0.4, 0.5) is 0 Å². The van der Waals surface area contributed by atoms with E-state index in [9.17, 15) is 9.59 Å². The van der Waals surface area contributed by atoms with Crippen LogP contribution in [0.2, 0.25) is 0 Å². The van der Waals surface area contributed by atoms with E-state index in [-0.39, 0.29) is 11.8 Å². The third-order valence-electron chi connectivity index (χ3n) is 4.17. The molecule has 0 aromatic heterocycles. The minimum absolute atomic E-state index is 0.0807. The molecule has 0 aromatic carbocycles. The van der Waals surface area contributed by atoms with Crippen molar-refractivity contribution in [3.05, 3.63) is 0 Å². The highest BCUT2D eigenvalue weighted by atomic mass is 16.4. The molecule has 0 spiro atoms. The first-order valence-corrected chi connectivity index (χ1v) is 6.31. The lowest BCUT2D eigenvalue weighted by Gasteiger charge is -2.44. The predicted molar refractivity (Wildman–Crippen MR) is 62.3 cm³/mol. The van der Waals surface area contributed by atoms with Crippen LogP contribution in [-0.4, -0.2) is 41.5 Å². The smallest absolute Gasteiger partial charge is 0.310 e. The second-order valence-electron chi connectivity index (χ2n) is 5.29. The first-order chi connectivity index (χ1) is 8.09. The maximum atomic E-state index is 12.4. The molecule has 96 valence electrons. The van der Waals surface area contributed by atoms with Crippen molar-refractivity contribution in [2.75, 3.05) is 19.6 Å². The normalized spacial score (nSPS) is 24.2. The molecule has 0 aromatic rings. The highest BCUT2D eigenvalue weighted by molar-refractivity contribution is 5.86. The second-order valence-corrected chi connectivity index (χ2v) is 5.29. The molecule has 1 aliphatic heterocycles. The van der Waals surface area contributed by atoms with E-state index in [2.05, 4.69) is 0 Å². The number of nitrogens with two attached hydrogens (primary N) is 1. The summed E-state index contributed by atoms with van der Waals surface area (Å²) in [5.41, 5.74) is 5.39. The highest BCUT2D eigenvalue weighted by Crippen LogP contribution is 2.38. The van der Waals surface area contributed by atoms with E-state index in [1.807, 2.05) is 0 Å². The maximum Gasteiger partial charge on any atom is 0.310 e. The number of carboxylic acid groups (broad SMARTS) is 1. The number of nitrogens with zero attached hydrogens (tertiary/aromatic N) is 1. The molecule has 17 heavy (non-hydrogen) atoms. The summed E-state index contributed by atoms with van der Waals surface area (Å²) in [4.78, 5) is 24.7. The summed E-state index contributed by atoms with van der Waals surface area (Å²) in [5, 5.41) is 8.80. The number of carboxylic acids is 1. The minimum Gasteiger partial charge on any atom is -0.481 e. The van der Waals surface area contributed by atoms with Crippen molar-refractivity contribution in [1.82, 2.24) is 4.90 Å². The molecule has 3 N–H and O–H groups in total. The fourth-order valence-electron chi connectivity index (χ4n) is 2.87. The summed E-state index contributed by atoms with van der Waals surface area (Å²) in [6.07, 6.45) is 5.00. The first kappa shape index (κ1) is 12.4. The standard InChI is InChI=1S/C12H20N2O3/c13-8-12(4-2-1-3-5-12)11(17)14-6-9(7-14)10(15)16/h9H,1-8,13H2,(H,15,16). The lowest BCUT2D eigenvalue weighted by atomic mass is 9.72. The third kappa shape index (κ3) is 2.16. The van der Waals surface area contributed by atoms with Gasteiger partial charge in [-0.15, -0.1) is 0 Å². The Balaban J connectivity index is 1.97. The van der Waals surface area contributed by atoms with Gasteiger partial charge in [0.15, 0.2) is 0 Å². The number of amides is 1. The second kappa shape index (κ2) is 4.64. The topological polar surface area (TPSA) is 83.6 Å². The Morgan fingerprint density at radius 2 is 1.82 bits per heavy atom. The SMILES string of the molecule is NCC1(C(=O)N2CC(C(=O)O)C2)CCCCC1. The zero-order valence-electron chi connectivity index (χ0n) is 10.0. The molecule has 0 unspecified atom stereocenters. The van der Waals surface area contributed by atoms with Gasteiger partial charge in [-0.25, -0.2) is 0 Å². The molecule has 0 bridgehead atoms. The maximum absolute atomic E-state index is 12.4. The van der Waals surface area contributed by atoms with Crippen molar-refractivity contribution in [3.63, 3.8) is 0 Å². The molecule has 1 saturated carbocycles. The third-order valence-corrected chi connectivity index (χ3v) is 4.17. The van der Waals surface area contributed by atoms with Crippen molar-refractivity contribution in [1.29, 1.82) is 0 Å². The average Bonchev–Trinajstić information content (AvgIpc) is 2.27. The van der Waals surface area contributed by atoms with Crippen LogP contribution >= 0.6 is 0 Å². The van der Waals surface area contributed by atoms with E-state index in [1.54, 1.807) is 4.90 Å². The van der Waals surface area contributed by atoms with Crippen molar-refractivity contribution in [3.8, 4) is 0 Å². The van der Waals surface area contributed by atoms with Gasteiger partial charge in [0.1, 0.15) is 0 Å². The zero-order chi connectivity index (χ0) is 12.5. The monoisotopic (exact) mass is 240 g/mol. The van der Waals surface area contributed by atoms with Crippen LogP contribution in [0.3, 0.4) is 0 Å². The van der Waals surface area contributed by atoms with E-state index in [1.165, 1.54) is 6.42 Å². The Labute approximate surface area is 101 Å². The predicted octanol–water partition coefficient (Wildman–Crippen LogP) is 0.439. The first-order valence-electron chi connectivity index (χ1n) is 6.31. The molecular weight excluding hydrogens is 220 g/mol. The summed E-state index contributed by atoms with van der Waals surface area (Å²) in [6, 6.07) is 0. The summed E-state index contributed by atoms with van der Waals surface area (Å²) < 4.78 is 0. The van der Waals surface area contributed by atoms with Crippen LogP contribution in [0.15, 0.2) is 0 Å². The van der Waals surface area contributed by atoms with E-state index < -0.39 is 11.4 Å². The summed E-state index contributed by atoms with van der Waals surface area (Å²) in [6.45, 7) is 1.10. The zero-order valence-corrected chi connectivity index (χ0v) is 10.0. The Kier molecular flexibility index (Phi) is 3.38. The van der Waals surface area contributed by atoms with Gasteiger partial charge in [0.05, 0.1) is 11.3 Å². The fraction of sp³-hybridized carbons (Fsp3) is 0.833. The largest absolute Gasteiger partial charge is 0.481 e. The van der Waals surface area contributed by atoms with Crippen LogP contribution in [0.5, 0.6) is 0 Å². The van der Waals surface area contributed by atoms with Gasteiger partial charge in [-0.05, 0) is 12.8 Å². The minimum atomic E-state index is -0.806. The van der Waals surface area contributed by atoms with Crippen LogP contribution in [0.1, 0.15) is 32.1 Å². The Morgan fingerprint density at radius 1 is 1.24 bits per heavy atom. The lowest BCUT2D eigenvalue weighted by molar-refractivity contribution is -0.159. The number of likely N-dealkylation sites (tertiary alicyclic amines) is 1. The van der Waals surface area contributed by atoms with Crippen LogP contribution < -0.4 is 5.73 Å². The molecular formula is C12H20N2O3. The number of hydrogen-bond acceptors (Lipinski definition) is 3. The van der Waals surface area contributed by atoms with Gasteiger partial charge in [-0.1, -0.05) is 19.3 Å². The molecule has 2 aliphatic rings. The average molecular weight is 240 g/mol. The van der Waals surface area contributed by atoms with Gasteiger partial charge >= 0.3 is 5.97 Å². The molecule has 1 aliphatic carbocycles.